The first kappa shape index (κ1) is 15.5. The summed E-state index contributed by atoms with van der Waals surface area (Å²) in [6.07, 6.45) is 4.48. The Balaban J connectivity index is 1.73. The van der Waals surface area contributed by atoms with Gasteiger partial charge in [0.25, 0.3) is 0 Å². The van der Waals surface area contributed by atoms with Gasteiger partial charge in [-0.2, -0.15) is 0 Å². The van der Waals surface area contributed by atoms with E-state index in [9.17, 15) is 9.59 Å². The number of carbonyl (C=O) groups is 2. The van der Waals surface area contributed by atoms with E-state index in [2.05, 4.69) is 5.32 Å². The minimum Gasteiger partial charge on any atom is -0.478 e. The Morgan fingerprint density at radius 2 is 1.90 bits per heavy atom. The van der Waals surface area contributed by atoms with Gasteiger partial charge >= 0.3 is 5.97 Å². The van der Waals surface area contributed by atoms with E-state index in [-0.39, 0.29) is 16.9 Å². The topological polar surface area (TPSA) is 92.4 Å². The van der Waals surface area contributed by atoms with Crippen molar-refractivity contribution in [3.63, 3.8) is 0 Å². The fraction of sp³-hybridized carbons (Fsp3) is 0.500. The molecule has 1 saturated carbocycles. The zero-order chi connectivity index (χ0) is 15.3. The molecule has 1 amide bonds. The highest BCUT2D eigenvalue weighted by Gasteiger charge is 2.37. The summed E-state index contributed by atoms with van der Waals surface area (Å²) in [5, 5.41) is 11.7. The smallest absolute Gasteiger partial charge is 0.335 e. The van der Waals surface area contributed by atoms with Gasteiger partial charge in [0.1, 0.15) is 0 Å². The summed E-state index contributed by atoms with van der Waals surface area (Å²) < 4.78 is 0. The Labute approximate surface area is 124 Å². The van der Waals surface area contributed by atoms with E-state index in [1.165, 1.54) is 6.42 Å². The largest absolute Gasteiger partial charge is 0.478 e. The van der Waals surface area contributed by atoms with Crippen LogP contribution in [0.5, 0.6) is 0 Å². The van der Waals surface area contributed by atoms with Crippen LogP contribution in [0, 0.1) is 5.41 Å². The molecule has 114 valence electrons. The minimum absolute atomic E-state index is 0.0349. The van der Waals surface area contributed by atoms with E-state index in [0.717, 1.165) is 18.4 Å². The second kappa shape index (κ2) is 6.72. The summed E-state index contributed by atoms with van der Waals surface area (Å²) in [6, 6.07) is 6.72. The van der Waals surface area contributed by atoms with Gasteiger partial charge in [-0.25, -0.2) is 4.79 Å². The third-order valence-electron chi connectivity index (χ3n) is 4.32. The molecular weight excluding hydrogens is 268 g/mol. The molecule has 21 heavy (non-hydrogen) atoms. The molecule has 0 bridgehead atoms. The van der Waals surface area contributed by atoms with E-state index >= 15 is 0 Å². The van der Waals surface area contributed by atoms with E-state index in [0.29, 0.717) is 25.9 Å². The van der Waals surface area contributed by atoms with Gasteiger partial charge in [-0.1, -0.05) is 18.6 Å². The van der Waals surface area contributed by atoms with Crippen molar-refractivity contribution in [3.8, 4) is 0 Å². The Morgan fingerprint density at radius 1 is 1.24 bits per heavy atom. The zero-order valence-electron chi connectivity index (χ0n) is 12.1. The van der Waals surface area contributed by atoms with Crippen LogP contribution < -0.4 is 11.1 Å². The third-order valence-corrected chi connectivity index (χ3v) is 4.32. The van der Waals surface area contributed by atoms with Crippen LogP contribution in [0.25, 0.3) is 0 Å². The predicted octanol–water partition coefficient (Wildman–Crippen LogP) is 1.56. The van der Waals surface area contributed by atoms with Gasteiger partial charge in [0.05, 0.1) is 5.56 Å². The maximum absolute atomic E-state index is 11.9. The zero-order valence-corrected chi connectivity index (χ0v) is 12.1. The molecule has 0 aliphatic heterocycles. The molecule has 0 atom stereocenters. The standard InChI is InChI=1S/C16H22N2O3/c17-11-16(7-1-8-16)10-14(19)18-9-6-12-2-4-13(5-3-12)15(20)21/h2-5H,1,6-11,17H2,(H,18,19)(H,20,21). The van der Waals surface area contributed by atoms with Gasteiger partial charge < -0.3 is 16.2 Å². The molecule has 0 unspecified atom stereocenters. The van der Waals surface area contributed by atoms with Crippen molar-refractivity contribution in [2.24, 2.45) is 11.1 Å². The van der Waals surface area contributed by atoms with Crippen molar-refractivity contribution in [1.82, 2.24) is 5.32 Å². The molecule has 1 aromatic rings. The maximum Gasteiger partial charge on any atom is 0.335 e. The van der Waals surface area contributed by atoms with E-state index in [4.69, 9.17) is 10.8 Å². The first-order valence-electron chi connectivity index (χ1n) is 7.34. The molecule has 0 heterocycles. The lowest BCUT2D eigenvalue weighted by Gasteiger charge is -2.40. The lowest BCUT2D eigenvalue weighted by molar-refractivity contribution is -0.124. The van der Waals surface area contributed by atoms with Crippen LogP contribution in [0.3, 0.4) is 0 Å². The van der Waals surface area contributed by atoms with Gasteiger partial charge in [-0.15, -0.1) is 0 Å². The molecule has 1 aliphatic rings. The average Bonchev–Trinajstić information content (AvgIpc) is 2.43. The van der Waals surface area contributed by atoms with Crippen molar-refractivity contribution in [2.75, 3.05) is 13.1 Å². The molecule has 0 aromatic heterocycles. The van der Waals surface area contributed by atoms with Crippen LogP contribution in [-0.4, -0.2) is 30.1 Å². The number of hydrogen-bond donors (Lipinski definition) is 3. The Kier molecular flexibility index (Phi) is 4.96. The molecule has 0 saturated heterocycles. The first-order valence-corrected chi connectivity index (χ1v) is 7.34. The molecule has 4 N–H and O–H groups in total. The summed E-state index contributed by atoms with van der Waals surface area (Å²) >= 11 is 0. The maximum atomic E-state index is 11.9. The minimum atomic E-state index is -0.928. The number of hydrogen-bond acceptors (Lipinski definition) is 3. The molecule has 5 nitrogen and oxygen atoms in total. The Hall–Kier alpha value is -1.88. The van der Waals surface area contributed by atoms with Crippen molar-refractivity contribution >= 4 is 11.9 Å². The predicted molar refractivity (Wildman–Crippen MR) is 80.1 cm³/mol. The number of nitrogens with one attached hydrogen (secondary N) is 1. The molecule has 0 spiro atoms. The van der Waals surface area contributed by atoms with Crippen LogP contribution in [0.15, 0.2) is 24.3 Å². The number of rotatable bonds is 7. The van der Waals surface area contributed by atoms with Gasteiger partial charge in [0.2, 0.25) is 5.91 Å². The summed E-state index contributed by atoms with van der Waals surface area (Å²) in [5.41, 5.74) is 7.07. The van der Waals surface area contributed by atoms with Crippen LogP contribution >= 0.6 is 0 Å². The number of carboxylic acids is 1. The van der Waals surface area contributed by atoms with Crippen molar-refractivity contribution in [1.29, 1.82) is 0 Å². The van der Waals surface area contributed by atoms with E-state index in [1.807, 2.05) is 0 Å². The molecule has 1 aromatic carbocycles. The van der Waals surface area contributed by atoms with E-state index in [1.54, 1.807) is 24.3 Å². The van der Waals surface area contributed by atoms with Crippen LogP contribution in [-0.2, 0) is 11.2 Å². The summed E-state index contributed by atoms with van der Waals surface area (Å²) in [6.45, 7) is 1.14. The lowest BCUT2D eigenvalue weighted by Crippen LogP contribution is -2.42. The second-order valence-corrected chi connectivity index (χ2v) is 5.84. The highest BCUT2D eigenvalue weighted by Crippen LogP contribution is 2.42. The summed E-state index contributed by atoms with van der Waals surface area (Å²) in [5.74, 6) is -0.871. The van der Waals surface area contributed by atoms with Crippen molar-refractivity contribution in [2.45, 2.75) is 32.1 Å². The monoisotopic (exact) mass is 290 g/mol. The van der Waals surface area contributed by atoms with Gasteiger partial charge in [-0.3, -0.25) is 4.79 Å². The van der Waals surface area contributed by atoms with Crippen LogP contribution in [0.4, 0.5) is 0 Å². The highest BCUT2D eigenvalue weighted by atomic mass is 16.4. The third kappa shape index (κ3) is 4.04. The number of aromatic carboxylic acids is 1. The fourth-order valence-corrected chi connectivity index (χ4v) is 2.69. The number of carbonyl (C=O) groups excluding carboxylic acids is 1. The molecule has 1 aliphatic carbocycles. The fourth-order valence-electron chi connectivity index (χ4n) is 2.69. The number of amides is 1. The molecular formula is C16H22N2O3. The summed E-state index contributed by atoms with van der Waals surface area (Å²) in [4.78, 5) is 22.6. The number of benzene rings is 1. The van der Waals surface area contributed by atoms with Crippen molar-refractivity contribution in [3.05, 3.63) is 35.4 Å². The average molecular weight is 290 g/mol. The molecule has 5 heteroatoms. The van der Waals surface area contributed by atoms with Gasteiger partial charge in [-0.05, 0) is 48.9 Å². The lowest BCUT2D eigenvalue weighted by atomic mass is 9.66. The van der Waals surface area contributed by atoms with Crippen LogP contribution in [0.2, 0.25) is 0 Å². The van der Waals surface area contributed by atoms with Gasteiger partial charge in [0, 0.05) is 13.0 Å². The summed E-state index contributed by atoms with van der Waals surface area (Å²) in [7, 11) is 0. The molecule has 0 radical (unpaired) electrons. The Bertz CT molecular complexity index is 501. The quantitative estimate of drug-likeness (QED) is 0.710. The molecule has 1 fully saturated rings. The van der Waals surface area contributed by atoms with Gasteiger partial charge in [0.15, 0.2) is 0 Å². The molecule has 2 rings (SSSR count). The number of carboxylic acid groups (broad SMARTS) is 1. The number of nitrogens with two attached hydrogens (primary N) is 1. The normalized spacial score (nSPS) is 16.0. The van der Waals surface area contributed by atoms with Crippen LogP contribution in [0.1, 0.15) is 41.6 Å². The second-order valence-electron chi connectivity index (χ2n) is 5.84. The Morgan fingerprint density at radius 3 is 2.38 bits per heavy atom. The highest BCUT2D eigenvalue weighted by molar-refractivity contribution is 5.87. The van der Waals surface area contributed by atoms with Crippen molar-refractivity contribution < 1.29 is 14.7 Å². The SMILES string of the molecule is NCC1(CC(=O)NCCc2ccc(C(=O)O)cc2)CCC1. The first-order chi connectivity index (χ1) is 10.0. The van der Waals surface area contributed by atoms with E-state index < -0.39 is 5.97 Å².